The van der Waals surface area contributed by atoms with E-state index in [0.29, 0.717) is 0 Å². The molecule has 3 nitrogen and oxygen atoms in total. The van der Waals surface area contributed by atoms with Crippen molar-refractivity contribution in [3.8, 4) is 0 Å². The number of amides is 1. The molecule has 1 saturated heterocycles. The van der Waals surface area contributed by atoms with E-state index in [-0.39, 0.29) is 5.91 Å². The van der Waals surface area contributed by atoms with Crippen LogP contribution in [0.2, 0.25) is 0 Å². The molecule has 1 aromatic carbocycles. The summed E-state index contributed by atoms with van der Waals surface area (Å²) in [4.78, 5) is 12.0. The molecule has 0 aromatic heterocycles. The molecule has 1 aliphatic rings. The fourth-order valence-corrected chi connectivity index (χ4v) is 2.55. The number of aryl methyl sites for hydroxylation is 1. The minimum Gasteiger partial charge on any atom is -0.381 e. The lowest BCUT2D eigenvalue weighted by molar-refractivity contribution is 0.0631. The fourth-order valence-electron chi connectivity index (χ4n) is 2.55. The van der Waals surface area contributed by atoms with E-state index in [0.717, 1.165) is 43.2 Å². The van der Waals surface area contributed by atoms with E-state index in [1.165, 1.54) is 19.3 Å². The van der Waals surface area contributed by atoms with Gasteiger partial charge in [0.15, 0.2) is 0 Å². The highest BCUT2D eigenvalue weighted by atomic mass is 16.5. The lowest BCUT2D eigenvalue weighted by Crippen LogP contribution is -2.26. The van der Waals surface area contributed by atoms with Crippen LogP contribution in [0.15, 0.2) is 24.3 Å². The van der Waals surface area contributed by atoms with Gasteiger partial charge in [-0.1, -0.05) is 18.2 Å². The monoisotopic (exact) mass is 261 g/mol. The molecule has 1 amide bonds. The summed E-state index contributed by atoms with van der Waals surface area (Å²) in [7, 11) is 0. The van der Waals surface area contributed by atoms with Crippen molar-refractivity contribution in [1.82, 2.24) is 5.32 Å². The van der Waals surface area contributed by atoms with Crippen molar-refractivity contribution in [2.24, 2.45) is 5.92 Å². The van der Waals surface area contributed by atoms with Crippen molar-refractivity contribution >= 4 is 5.91 Å². The molecule has 0 atom stereocenters. The number of carbonyl (C=O) groups is 1. The topological polar surface area (TPSA) is 38.3 Å². The average molecular weight is 261 g/mol. The molecule has 0 aliphatic carbocycles. The highest BCUT2D eigenvalue weighted by Gasteiger charge is 2.13. The van der Waals surface area contributed by atoms with Gasteiger partial charge in [-0.3, -0.25) is 4.79 Å². The Kier molecular flexibility index (Phi) is 5.40. The Hall–Kier alpha value is -1.35. The van der Waals surface area contributed by atoms with Crippen LogP contribution >= 0.6 is 0 Å². The molecule has 104 valence electrons. The van der Waals surface area contributed by atoms with Crippen molar-refractivity contribution in [2.45, 2.75) is 32.6 Å². The Morgan fingerprint density at radius 3 is 2.79 bits per heavy atom. The van der Waals surface area contributed by atoms with Gasteiger partial charge in [0.2, 0.25) is 0 Å². The van der Waals surface area contributed by atoms with E-state index in [9.17, 15) is 4.79 Å². The number of hydrogen-bond acceptors (Lipinski definition) is 2. The zero-order valence-corrected chi connectivity index (χ0v) is 11.7. The Labute approximate surface area is 115 Å². The van der Waals surface area contributed by atoms with Crippen molar-refractivity contribution < 1.29 is 9.53 Å². The molecule has 1 aliphatic heterocycles. The first-order valence-electron chi connectivity index (χ1n) is 7.19. The maximum Gasteiger partial charge on any atom is 0.251 e. The first kappa shape index (κ1) is 14.1. The summed E-state index contributed by atoms with van der Waals surface area (Å²) in [5.74, 6) is 0.828. The molecule has 1 aromatic rings. The molecule has 0 bridgehead atoms. The van der Waals surface area contributed by atoms with Crippen LogP contribution in [0, 0.1) is 12.8 Å². The van der Waals surface area contributed by atoms with Gasteiger partial charge >= 0.3 is 0 Å². The summed E-state index contributed by atoms with van der Waals surface area (Å²) < 4.78 is 5.35. The quantitative estimate of drug-likeness (QED) is 0.828. The third-order valence-electron chi connectivity index (χ3n) is 3.81. The smallest absolute Gasteiger partial charge is 0.251 e. The second-order valence-corrected chi connectivity index (χ2v) is 5.27. The lowest BCUT2D eigenvalue weighted by Gasteiger charge is -2.21. The van der Waals surface area contributed by atoms with Crippen LogP contribution in [0.25, 0.3) is 0 Å². The molecule has 0 radical (unpaired) electrons. The minimum atomic E-state index is 0.0464. The highest BCUT2D eigenvalue weighted by molar-refractivity contribution is 5.95. The van der Waals surface area contributed by atoms with Crippen LogP contribution in [-0.4, -0.2) is 25.7 Å². The van der Waals surface area contributed by atoms with Crippen LogP contribution in [0.5, 0.6) is 0 Å². The van der Waals surface area contributed by atoms with Crippen LogP contribution in [-0.2, 0) is 4.74 Å². The first-order valence-corrected chi connectivity index (χ1v) is 7.19. The normalized spacial score (nSPS) is 16.3. The summed E-state index contributed by atoms with van der Waals surface area (Å²) in [5, 5.41) is 3.01. The van der Waals surface area contributed by atoms with Gasteiger partial charge in [0, 0.05) is 25.3 Å². The third kappa shape index (κ3) is 4.35. The van der Waals surface area contributed by atoms with Crippen molar-refractivity contribution in [3.63, 3.8) is 0 Å². The van der Waals surface area contributed by atoms with Crippen LogP contribution < -0.4 is 5.32 Å². The molecule has 1 heterocycles. The Morgan fingerprint density at radius 1 is 1.32 bits per heavy atom. The van der Waals surface area contributed by atoms with Crippen LogP contribution in [0.3, 0.4) is 0 Å². The number of carbonyl (C=O) groups excluding carboxylic acids is 1. The summed E-state index contributed by atoms with van der Waals surface area (Å²) in [5.41, 5.74) is 1.82. The van der Waals surface area contributed by atoms with Crippen molar-refractivity contribution in [3.05, 3.63) is 35.4 Å². The van der Waals surface area contributed by atoms with Gasteiger partial charge in [0.05, 0.1) is 0 Å². The highest BCUT2D eigenvalue weighted by Crippen LogP contribution is 2.19. The third-order valence-corrected chi connectivity index (χ3v) is 3.81. The van der Waals surface area contributed by atoms with Crippen molar-refractivity contribution in [2.75, 3.05) is 19.8 Å². The van der Waals surface area contributed by atoms with E-state index in [4.69, 9.17) is 4.74 Å². The van der Waals surface area contributed by atoms with Gasteiger partial charge in [-0.25, -0.2) is 0 Å². The Bertz CT molecular complexity index is 411. The van der Waals surface area contributed by atoms with Gasteiger partial charge in [0.25, 0.3) is 5.91 Å². The predicted octanol–water partition coefficient (Wildman–Crippen LogP) is 2.93. The minimum absolute atomic E-state index is 0.0464. The van der Waals surface area contributed by atoms with Crippen LogP contribution in [0.1, 0.15) is 41.6 Å². The van der Waals surface area contributed by atoms with E-state index in [1.807, 2.05) is 31.2 Å². The van der Waals surface area contributed by atoms with E-state index in [2.05, 4.69) is 5.32 Å². The standard InChI is InChI=1S/C16H23NO2/c1-13-5-2-3-7-15(13)16(18)17-10-4-6-14-8-11-19-12-9-14/h2-3,5,7,14H,4,6,8-12H2,1H3,(H,17,18). The molecule has 0 spiro atoms. The van der Waals surface area contributed by atoms with Gasteiger partial charge < -0.3 is 10.1 Å². The molecule has 2 rings (SSSR count). The van der Waals surface area contributed by atoms with Gasteiger partial charge in [-0.05, 0) is 50.2 Å². The summed E-state index contributed by atoms with van der Waals surface area (Å²) >= 11 is 0. The number of hydrogen-bond donors (Lipinski definition) is 1. The first-order chi connectivity index (χ1) is 9.27. The summed E-state index contributed by atoms with van der Waals surface area (Å²) in [6.07, 6.45) is 4.59. The molecule has 0 unspecified atom stereocenters. The second-order valence-electron chi connectivity index (χ2n) is 5.27. The number of ether oxygens (including phenoxy) is 1. The van der Waals surface area contributed by atoms with E-state index in [1.54, 1.807) is 0 Å². The summed E-state index contributed by atoms with van der Waals surface area (Å²) in [6, 6.07) is 7.71. The number of nitrogens with one attached hydrogen (secondary N) is 1. The molecule has 1 fully saturated rings. The second kappa shape index (κ2) is 7.29. The fraction of sp³-hybridized carbons (Fsp3) is 0.562. The Morgan fingerprint density at radius 2 is 2.05 bits per heavy atom. The summed E-state index contributed by atoms with van der Waals surface area (Å²) in [6.45, 7) is 4.54. The molecule has 19 heavy (non-hydrogen) atoms. The van der Waals surface area contributed by atoms with Gasteiger partial charge in [0.1, 0.15) is 0 Å². The largest absolute Gasteiger partial charge is 0.381 e. The molecular weight excluding hydrogens is 238 g/mol. The molecule has 0 saturated carbocycles. The Balaban J connectivity index is 1.68. The van der Waals surface area contributed by atoms with Gasteiger partial charge in [-0.15, -0.1) is 0 Å². The predicted molar refractivity (Wildman–Crippen MR) is 76.3 cm³/mol. The van der Waals surface area contributed by atoms with Gasteiger partial charge in [-0.2, -0.15) is 0 Å². The molecule has 3 heteroatoms. The van der Waals surface area contributed by atoms with Crippen molar-refractivity contribution in [1.29, 1.82) is 0 Å². The maximum absolute atomic E-state index is 12.0. The maximum atomic E-state index is 12.0. The van der Waals surface area contributed by atoms with E-state index < -0.39 is 0 Å². The number of benzene rings is 1. The average Bonchev–Trinajstić information content (AvgIpc) is 2.45. The number of rotatable bonds is 5. The van der Waals surface area contributed by atoms with Crippen LogP contribution in [0.4, 0.5) is 0 Å². The lowest BCUT2D eigenvalue weighted by atomic mass is 9.95. The zero-order chi connectivity index (χ0) is 13.5. The van der Waals surface area contributed by atoms with E-state index >= 15 is 0 Å². The zero-order valence-electron chi connectivity index (χ0n) is 11.7. The SMILES string of the molecule is Cc1ccccc1C(=O)NCCCC1CCOCC1. The molecule has 1 N–H and O–H groups in total. The molecular formula is C16H23NO2.